The molecule has 1 aliphatic heterocycles. The van der Waals surface area contributed by atoms with E-state index in [1.54, 1.807) is 41.1 Å². The van der Waals surface area contributed by atoms with Crippen LogP contribution in [0.5, 0.6) is 0 Å². The van der Waals surface area contributed by atoms with Crippen LogP contribution in [0.25, 0.3) is 5.78 Å². The minimum absolute atomic E-state index is 0.0140. The zero-order chi connectivity index (χ0) is 32.1. The fraction of sp³-hybridized carbons (Fsp3) is 0.375. The number of hydrogen-bond acceptors (Lipinski definition) is 10. The number of anilines is 3. The molecule has 13 heteroatoms. The van der Waals surface area contributed by atoms with Crippen LogP contribution in [0.1, 0.15) is 59.9 Å². The molecule has 4 N–H and O–H groups in total. The van der Waals surface area contributed by atoms with Crippen molar-refractivity contribution in [2.75, 3.05) is 37.0 Å². The van der Waals surface area contributed by atoms with Crippen LogP contribution < -0.4 is 20.9 Å². The van der Waals surface area contributed by atoms with Gasteiger partial charge in [-0.25, -0.2) is 9.78 Å². The van der Waals surface area contributed by atoms with E-state index in [0.29, 0.717) is 41.0 Å². The molecule has 0 spiro atoms. The van der Waals surface area contributed by atoms with Crippen molar-refractivity contribution in [2.45, 2.75) is 51.1 Å². The highest BCUT2D eigenvalue weighted by molar-refractivity contribution is 5.97. The number of hydrogen-bond donors (Lipinski definition) is 4. The van der Waals surface area contributed by atoms with Gasteiger partial charge >= 0.3 is 5.97 Å². The van der Waals surface area contributed by atoms with Crippen LogP contribution in [0.2, 0.25) is 0 Å². The van der Waals surface area contributed by atoms with Crippen LogP contribution in [-0.2, 0) is 14.9 Å². The van der Waals surface area contributed by atoms with Gasteiger partial charge in [0.2, 0.25) is 17.7 Å². The SMILES string of the molecule is COC(=O)C(CO)NC(=O)c1ccc(Nc2nc(N3CCCC(NC(=O)c4ccc(C(C)(C)C)cc4)C3)nc3nccn23)cc1. The number of fused-ring (bicyclic) bond motifs is 1. The molecule has 236 valence electrons. The van der Waals surface area contributed by atoms with Crippen LogP contribution in [0.4, 0.5) is 17.6 Å². The summed E-state index contributed by atoms with van der Waals surface area (Å²) >= 11 is 0. The molecule has 0 radical (unpaired) electrons. The van der Waals surface area contributed by atoms with E-state index < -0.39 is 24.5 Å². The number of piperidine rings is 1. The molecule has 5 rings (SSSR count). The highest BCUT2D eigenvalue weighted by Gasteiger charge is 2.25. The van der Waals surface area contributed by atoms with Gasteiger partial charge < -0.3 is 30.7 Å². The number of imidazole rings is 1. The highest BCUT2D eigenvalue weighted by atomic mass is 16.5. The van der Waals surface area contributed by atoms with E-state index in [9.17, 15) is 19.5 Å². The summed E-state index contributed by atoms with van der Waals surface area (Å²) in [5, 5.41) is 18.3. The number of benzene rings is 2. The zero-order valence-corrected chi connectivity index (χ0v) is 25.8. The third-order valence-corrected chi connectivity index (χ3v) is 7.68. The lowest BCUT2D eigenvalue weighted by Gasteiger charge is -2.33. The van der Waals surface area contributed by atoms with Crippen LogP contribution in [0, 0.1) is 0 Å². The molecule has 0 aliphatic carbocycles. The molecule has 13 nitrogen and oxygen atoms in total. The number of carbonyl (C=O) groups excluding carboxylic acids is 3. The molecule has 2 unspecified atom stereocenters. The molecule has 0 bridgehead atoms. The lowest BCUT2D eigenvalue weighted by molar-refractivity contribution is -0.143. The minimum Gasteiger partial charge on any atom is -0.467 e. The number of aliphatic hydroxyl groups excluding tert-OH is 1. The van der Waals surface area contributed by atoms with Crippen molar-refractivity contribution in [3.8, 4) is 0 Å². The summed E-state index contributed by atoms with van der Waals surface area (Å²) in [5.74, 6) is 0.0479. The highest BCUT2D eigenvalue weighted by Crippen LogP contribution is 2.24. The van der Waals surface area contributed by atoms with E-state index in [0.717, 1.165) is 19.4 Å². The number of amides is 2. The predicted molar refractivity (Wildman–Crippen MR) is 169 cm³/mol. The molecule has 2 aromatic heterocycles. The third kappa shape index (κ3) is 7.37. The van der Waals surface area contributed by atoms with Gasteiger partial charge in [-0.1, -0.05) is 32.9 Å². The number of nitrogens with zero attached hydrogens (tertiary/aromatic N) is 5. The van der Waals surface area contributed by atoms with Crippen LogP contribution in [0.3, 0.4) is 0 Å². The second kappa shape index (κ2) is 13.3. The number of carbonyl (C=O) groups is 3. The lowest BCUT2D eigenvalue weighted by atomic mass is 9.86. The molecule has 2 atom stereocenters. The average Bonchev–Trinajstić information content (AvgIpc) is 3.52. The predicted octanol–water partition coefficient (Wildman–Crippen LogP) is 2.83. The molecule has 1 aliphatic rings. The average molecular weight is 615 g/mol. The van der Waals surface area contributed by atoms with E-state index in [1.165, 1.54) is 12.7 Å². The smallest absolute Gasteiger partial charge is 0.330 e. The van der Waals surface area contributed by atoms with Crippen LogP contribution in [-0.4, -0.2) is 81.1 Å². The van der Waals surface area contributed by atoms with Gasteiger partial charge in [0.05, 0.1) is 13.7 Å². The molecule has 4 aromatic rings. The summed E-state index contributed by atoms with van der Waals surface area (Å²) in [7, 11) is 1.18. The maximum atomic E-state index is 13.1. The van der Waals surface area contributed by atoms with Crippen LogP contribution in [0.15, 0.2) is 60.9 Å². The maximum absolute atomic E-state index is 13.1. The molecule has 2 aromatic carbocycles. The van der Waals surface area contributed by atoms with Crippen molar-refractivity contribution in [1.29, 1.82) is 0 Å². The van der Waals surface area contributed by atoms with Gasteiger partial charge in [-0.05, 0) is 60.2 Å². The number of aromatic nitrogens is 4. The topological polar surface area (TPSA) is 163 Å². The Morgan fingerprint density at radius 2 is 1.71 bits per heavy atom. The van der Waals surface area contributed by atoms with Crippen molar-refractivity contribution in [3.05, 3.63) is 77.6 Å². The Labute approximate surface area is 261 Å². The summed E-state index contributed by atoms with van der Waals surface area (Å²) in [6, 6.07) is 13.1. The van der Waals surface area contributed by atoms with Crippen molar-refractivity contribution in [3.63, 3.8) is 0 Å². The van der Waals surface area contributed by atoms with E-state index in [-0.39, 0.29) is 17.4 Å². The van der Waals surface area contributed by atoms with Gasteiger partial charge in [-0.15, -0.1) is 0 Å². The Kier molecular flexibility index (Phi) is 9.28. The molecule has 1 saturated heterocycles. The van der Waals surface area contributed by atoms with Gasteiger partial charge in [0.1, 0.15) is 0 Å². The van der Waals surface area contributed by atoms with E-state index >= 15 is 0 Å². The standard InChI is InChI=1S/C32H38N8O5/c1-32(2,3)22-11-7-20(8-12-22)26(42)34-24-6-5-16-39(18-24)30-37-29-33-15-17-40(29)31(38-30)35-23-13-9-21(10-14-23)27(43)36-25(19-41)28(44)45-4/h7-15,17,24-25,41H,5-6,16,18-19H2,1-4H3,(H,34,42)(H,36,43)(H,33,35,37,38). The summed E-state index contributed by atoms with van der Waals surface area (Å²) < 4.78 is 6.32. The molecular weight excluding hydrogens is 576 g/mol. The van der Waals surface area contributed by atoms with Gasteiger partial charge in [-0.2, -0.15) is 9.97 Å². The first-order valence-electron chi connectivity index (χ1n) is 14.8. The Hall–Kier alpha value is -5.04. The zero-order valence-electron chi connectivity index (χ0n) is 25.8. The Morgan fingerprint density at radius 1 is 1.02 bits per heavy atom. The fourth-order valence-electron chi connectivity index (χ4n) is 5.10. The number of rotatable bonds is 9. The Morgan fingerprint density at radius 3 is 2.38 bits per heavy atom. The first-order valence-corrected chi connectivity index (χ1v) is 14.8. The second-order valence-corrected chi connectivity index (χ2v) is 12.0. The van der Waals surface area contributed by atoms with Crippen molar-refractivity contribution < 1.29 is 24.2 Å². The first kappa shape index (κ1) is 31.4. The summed E-state index contributed by atoms with van der Waals surface area (Å²) in [6.45, 7) is 7.13. The quantitative estimate of drug-likeness (QED) is 0.206. The van der Waals surface area contributed by atoms with Crippen molar-refractivity contribution in [2.24, 2.45) is 0 Å². The molecule has 3 heterocycles. The number of methoxy groups -OCH3 is 1. The van der Waals surface area contributed by atoms with Gasteiger partial charge in [-0.3, -0.25) is 14.0 Å². The van der Waals surface area contributed by atoms with E-state index in [4.69, 9.17) is 4.98 Å². The Bertz CT molecular complexity index is 1660. The normalized spacial score (nSPS) is 15.8. The summed E-state index contributed by atoms with van der Waals surface area (Å²) in [4.78, 5) is 53.2. The van der Waals surface area contributed by atoms with Crippen molar-refractivity contribution in [1.82, 2.24) is 30.0 Å². The third-order valence-electron chi connectivity index (χ3n) is 7.68. The molecule has 1 fully saturated rings. The number of esters is 1. The molecular formula is C32H38N8O5. The minimum atomic E-state index is -1.16. The van der Waals surface area contributed by atoms with Crippen molar-refractivity contribution >= 4 is 41.1 Å². The first-order chi connectivity index (χ1) is 21.5. The number of aliphatic hydroxyl groups is 1. The maximum Gasteiger partial charge on any atom is 0.330 e. The van der Waals surface area contributed by atoms with Crippen LogP contribution >= 0.6 is 0 Å². The van der Waals surface area contributed by atoms with E-state index in [1.807, 2.05) is 29.2 Å². The molecule has 0 saturated carbocycles. The largest absolute Gasteiger partial charge is 0.467 e. The lowest BCUT2D eigenvalue weighted by Crippen LogP contribution is -2.48. The molecule has 45 heavy (non-hydrogen) atoms. The van der Waals surface area contributed by atoms with E-state index in [2.05, 4.69) is 51.4 Å². The second-order valence-electron chi connectivity index (χ2n) is 12.0. The fourth-order valence-corrected chi connectivity index (χ4v) is 5.10. The van der Waals surface area contributed by atoms with Gasteiger partial charge in [0, 0.05) is 48.3 Å². The van der Waals surface area contributed by atoms with Gasteiger partial charge in [0.25, 0.3) is 11.8 Å². The molecule has 2 amide bonds. The number of nitrogens with one attached hydrogen (secondary N) is 3. The summed E-state index contributed by atoms with van der Waals surface area (Å²) in [6.07, 6.45) is 5.08. The monoisotopic (exact) mass is 614 g/mol. The Balaban J connectivity index is 1.27. The summed E-state index contributed by atoms with van der Waals surface area (Å²) in [5.41, 5.74) is 2.76. The van der Waals surface area contributed by atoms with Gasteiger partial charge in [0.15, 0.2) is 6.04 Å². The number of ether oxygens (including phenoxy) is 1.